The predicted octanol–water partition coefficient (Wildman–Crippen LogP) is 2.33. The molecule has 106 valence electrons. The van der Waals surface area contributed by atoms with E-state index in [1.165, 1.54) is 0 Å². The molecule has 0 heterocycles. The number of carbonyl (C=O) groups is 2. The monoisotopic (exact) mass is 273 g/mol. The Bertz CT molecular complexity index is 496. The van der Waals surface area contributed by atoms with Crippen LogP contribution in [0.5, 0.6) is 0 Å². The average Bonchev–Trinajstić information content (AvgIpc) is 2.49. The Balaban J connectivity index is 1.94. The van der Waals surface area contributed by atoms with Gasteiger partial charge in [0.05, 0.1) is 5.92 Å². The van der Waals surface area contributed by atoms with Crippen molar-refractivity contribution >= 4 is 11.9 Å². The lowest BCUT2D eigenvalue weighted by Crippen LogP contribution is -2.36. The number of amides is 1. The van der Waals surface area contributed by atoms with Crippen molar-refractivity contribution in [1.82, 2.24) is 5.32 Å². The first-order valence-electron chi connectivity index (χ1n) is 6.89. The average molecular weight is 273 g/mol. The Morgan fingerprint density at radius 2 is 2.00 bits per heavy atom. The minimum absolute atomic E-state index is 0.0229. The standard InChI is InChI=1S/C16H19NO3/c18-15(13-9-5-2-6-10-13)17-11-14(16(19)20)12-7-3-1-4-8-12/h1-5,7-8,13-14H,6,9-11H2,(H,17,18)(H,19,20). The van der Waals surface area contributed by atoms with Crippen LogP contribution in [-0.4, -0.2) is 23.5 Å². The number of aliphatic carboxylic acids is 1. The highest BCUT2D eigenvalue weighted by Crippen LogP contribution is 2.19. The Morgan fingerprint density at radius 1 is 1.25 bits per heavy atom. The summed E-state index contributed by atoms with van der Waals surface area (Å²) in [5.41, 5.74) is 0.712. The third kappa shape index (κ3) is 3.70. The normalized spacial score (nSPS) is 19.3. The van der Waals surface area contributed by atoms with Crippen molar-refractivity contribution in [2.75, 3.05) is 6.54 Å². The summed E-state index contributed by atoms with van der Waals surface area (Å²) in [6.45, 7) is 0.137. The topological polar surface area (TPSA) is 66.4 Å². The summed E-state index contributed by atoms with van der Waals surface area (Å²) in [7, 11) is 0. The lowest BCUT2D eigenvalue weighted by molar-refractivity contribution is -0.138. The number of rotatable bonds is 5. The first-order chi connectivity index (χ1) is 9.68. The van der Waals surface area contributed by atoms with Crippen LogP contribution in [0.1, 0.15) is 30.7 Å². The fraction of sp³-hybridized carbons (Fsp3) is 0.375. The number of hydrogen-bond acceptors (Lipinski definition) is 2. The number of allylic oxidation sites excluding steroid dienone is 2. The van der Waals surface area contributed by atoms with Gasteiger partial charge in [-0.15, -0.1) is 0 Å². The Labute approximate surface area is 118 Å². The van der Waals surface area contributed by atoms with Crippen molar-refractivity contribution in [1.29, 1.82) is 0 Å². The number of carbonyl (C=O) groups excluding carboxylic acids is 1. The minimum Gasteiger partial charge on any atom is -0.481 e. The van der Waals surface area contributed by atoms with Gasteiger partial charge in [0.2, 0.25) is 5.91 Å². The SMILES string of the molecule is O=C(NCC(C(=O)O)c1ccccc1)C1CC=CCC1. The number of hydrogen-bond donors (Lipinski definition) is 2. The molecule has 0 bridgehead atoms. The van der Waals surface area contributed by atoms with Crippen LogP contribution in [-0.2, 0) is 9.59 Å². The van der Waals surface area contributed by atoms with E-state index in [0.717, 1.165) is 19.3 Å². The van der Waals surface area contributed by atoms with Crippen LogP contribution in [0, 0.1) is 5.92 Å². The minimum atomic E-state index is -0.917. The lowest BCUT2D eigenvalue weighted by atomic mass is 9.93. The Kier molecular flexibility index (Phi) is 4.93. The van der Waals surface area contributed by atoms with Gasteiger partial charge in [0, 0.05) is 12.5 Å². The fourth-order valence-corrected chi connectivity index (χ4v) is 2.41. The van der Waals surface area contributed by atoms with Crippen LogP contribution in [0.15, 0.2) is 42.5 Å². The number of carboxylic acids is 1. The molecular formula is C16H19NO3. The molecule has 20 heavy (non-hydrogen) atoms. The molecule has 1 amide bonds. The smallest absolute Gasteiger partial charge is 0.312 e. The molecule has 0 saturated heterocycles. The largest absolute Gasteiger partial charge is 0.481 e. The molecule has 0 radical (unpaired) electrons. The molecule has 0 saturated carbocycles. The lowest BCUT2D eigenvalue weighted by Gasteiger charge is -2.19. The van der Waals surface area contributed by atoms with E-state index in [1.54, 1.807) is 24.3 Å². The summed E-state index contributed by atoms with van der Waals surface area (Å²) in [6.07, 6.45) is 6.59. The van der Waals surface area contributed by atoms with Gasteiger partial charge in [-0.25, -0.2) is 0 Å². The number of nitrogens with one attached hydrogen (secondary N) is 1. The van der Waals surface area contributed by atoms with Gasteiger partial charge in [-0.05, 0) is 24.8 Å². The second-order valence-electron chi connectivity index (χ2n) is 5.03. The first-order valence-corrected chi connectivity index (χ1v) is 6.89. The molecule has 0 aromatic heterocycles. The molecule has 0 fully saturated rings. The maximum atomic E-state index is 12.0. The van der Waals surface area contributed by atoms with E-state index in [1.807, 2.05) is 12.1 Å². The van der Waals surface area contributed by atoms with E-state index >= 15 is 0 Å². The fourth-order valence-electron chi connectivity index (χ4n) is 2.41. The van der Waals surface area contributed by atoms with Crippen molar-refractivity contribution < 1.29 is 14.7 Å². The molecule has 0 aliphatic heterocycles. The third-order valence-electron chi connectivity index (χ3n) is 3.62. The van der Waals surface area contributed by atoms with Crippen molar-refractivity contribution in [3.8, 4) is 0 Å². The zero-order valence-corrected chi connectivity index (χ0v) is 11.3. The Morgan fingerprint density at radius 3 is 2.60 bits per heavy atom. The van der Waals surface area contributed by atoms with E-state index in [9.17, 15) is 14.7 Å². The van der Waals surface area contributed by atoms with Crippen LogP contribution >= 0.6 is 0 Å². The van der Waals surface area contributed by atoms with Crippen LogP contribution in [0.2, 0.25) is 0 Å². The van der Waals surface area contributed by atoms with Gasteiger partial charge in [0.25, 0.3) is 0 Å². The summed E-state index contributed by atoms with van der Waals surface area (Å²) < 4.78 is 0. The van der Waals surface area contributed by atoms with E-state index in [0.29, 0.717) is 5.56 Å². The van der Waals surface area contributed by atoms with Crippen molar-refractivity contribution in [2.45, 2.75) is 25.2 Å². The van der Waals surface area contributed by atoms with E-state index in [-0.39, 0.29) is 18.4 Å². The quantitative estimate of drug-likeness (QED) is 0.809. The van der Waals surface area contributed by atoms with Crippen molar-refractivity contribution in [3.63, 3.8) is 0 Å². The van der Waals surface area contributed by atoms with Crippen LogP contribution in [0.25, 0.3) is 0 Å². The molecule has 1 aromatic rings. The van der Waals surface area contributed by atoms with Gasteiger partial charge in [0.15, 0.2) is 0 Å². The van der Waals surface area contributed by atoms with E-state index in [4.69, 9.17) is 0 Å². The first kappa shape index (κ1) is 14.3. The second kappa shape index (κ2) is 6.89. The number of benzene rings is 1. The molecule has 2 rings (SSSR count). The molecule has 4 nitrogen and oxygen atoms in total. The molecule has 2 N–H and O–H groups in total. The maximum Gasteiger partial charge on any atom is 0.312 e. The third-order valence-corrected chi connectivity index (χ3v) is 3.62. The summed E-state index contributed by atoms with van der Waals surface area (Å²) in [4.78, 5) is 23.3. The highest BCUT2D eigenvalue weighted by Gasteiger charge is 2.23. The zero-order chi connectivity index (χ0) is 14.4. The van der Waals surface area contributed by atoms with Crippen molar-refractivity contribution in [2.24, 2.45) is 5.92 Å². The molecule has 2 atom stereocenters. The summed E-state index contributed by atoms with van der Waals surface area (Å²) >= 11 is 0. The highest BCUT2D eigenvalue weighted by atomic mass is 16.4. The Hall–Kier alpha value is -2.10. The van der Waals surface area contributed by atoms with Gasteiger partial charge in [-0.1, -0.05) is 42.5 Å². The van der Waals surface area contributed by atoms with E-state index in [2.05, 4.69) is 11.4 Å². The van der Waals surface area contributed by atoms with Crippen molar-refractivity contribution in [3.05, 3.63) is 48.0 Å². The summed E-state index contributed by atoms with van der Waals surface area (Å²) in [6, 6.07) is 9.00. The molecule has 1 aromatic carbocycles. The van der Waals surface area contributed by atoms with Gasteiger partial charge < -0.3 is 10.4 Å². The van der Waals surface area contributed by atoms with Crippen LogP contribution in [0.4, 0.5) is 0 Å². The second-order valence-corrected chi connectivity index (χ2v) is 5.03. The van der Waals surface area contributed by atoms with Gasteiger partial charge >= 0.3 is 5.97 Å². The highest BCUT2D eigenvalue weighted by molar-refractivity contribution is 5.81. The summed E-state index contributed by atoms with van der Waals surface area (Å²) in [5.74, 6) is -1.68. The molecule has 0 spiro atoms. The van der Waals surface area contributed by atoms with Crippen LogP contribution < -0.4 is 5.32 Å². The van der Waals surface area contributed by atoms with E-state index < -0.39 is 11.9 Å². The van der Waals surface area contributed by atoms with Crippen LogP contribution in [0.3, 0.4) is 0 Å². The molecule has 1 aliphatic rings. The van der Waals surface area contributed by atoms with Gasteiger partial charge in [0.1, 0.15) is 0 Å². The molecule has 4 heteroatoms. The molecule has 2 unspecified atom stereocenters. The van der Waals surface area contributed by atoms with Gasteiger partial charge in [-0.2, -0.15) is 0 Å². The number of carboxylic acid groups (broad SMARTS) is 1. The molecule has 1 aliphatic carbocycles. The summed E-state index contributed by atoms with van der Waals surface area (Å²) in [5, 5.41) is 12.1. The van der Waals surface area contributed by atoms with Gasteiger partial charge in [-0.3, -0.25) is 9.59 Å². The molecular weight excluding hydrogens is 254 g/mol. The predicted molar refractivity (Wildman–Crippen MR) is 76.3 cm³/mol. The maximum absolute atomic E-state index is 12.0. The zero-order valence-electron chi connectivity index (χ0n) is 11.3.